The molecule has 0 aliphatic carbocycles. The van der Waals surface area contributed by atoms with Gasteiger partial charge in [0.2, 0.25) is 0 Å². The number of halogens is 2. The molecule has 0 radical (unpaired) electrons. The average molecular weight is 304 g/mol. The molecule has 0 spiro atoms. The summed E-state index contributed by atoms with van der Waals surface area (Å²) < 4.78 is 32.5. The molecule has 2 saturated heterocycles. The first-order valence-electron chi connectivity index (χ1n) is 7.14. The minimum atomic E-state index is -2.77. The molecule has 3 atom stereocenters. The fourth-order valence-electron chi connectivity index (χ4n) is 3.01. The lowest BCUT2D eigenvalue weighted by Gasteiger charge is -2.30. The minimum absolute atomic E-state index is 0.0192. The molecule has 0 aromatic rings. The summed E-state index contributed by atoms with van der Waals surface area (Å²) in [7, 11) is 0. The quantitative estimate of drug-likeness (QED) is 0.554. The number of hydrogen-bond acceptors (Lipinski definition) is 5. The summed E-state index contributed by atoms with van der Waals surface area (Å²) in [4.78, 5) is 13.3. The Morgan fingerprint density at radius 3 is 3.05 bits per heavy atom. The molecular formula is C14H22F2N2O3. The van der Waals surface area contributed by atoms with E-state index in [1.165, 1.54) is 13.0 Å². The Morgan fingerprint density at radius 2 is 2.38 bits per heavy atom. The summed E-state index contributed by atoms with van der Waals surface area (Å²) >= 11 is 0. The number of likely N-dealkylation sites (tertiary alicyclic amines) is 1. The van der Waals surface area contributed by atoms with Crippen molar-refractivity contribution in [2.75, 3.05) is 26.2 Å². The van der Waals surface area contributed by atoms with Crippen molar-refractivity contribution in [1.82, 2.24) is 10.2 Å². The lowest BCUT2D eigenvalue weighted by Crippen LogP contribution is -2.48. The van der Waals surface area contributed by atoms with Crippen LogP contribution in [0.1, 0.15) is 19.8 Å². The first-order chi connectivity index (χ1) is 9.78. The minimum Gasteiger partial charge on any atom is -0.459 e. The third-order valence-corrected chi connectivity index (χ3v) is 4.19. The van der Waals surface area contributed by atoms with Gasteiger partial charge in [0, 0.05) is 19.1 Å². The van der Waals surface area contributed by atoms with Crippen molar-refractivity contribution in [2.45, 2.75) is 43.4 Å². The molecule has 2 N–H and O–H groups in total. The van der Waals surface area contributed by atoms with Gasteiger partial charge in [-0.15, -0.1) is 0 Å². The zero-order valence-electron chi connectivity index (χ0n) is 12.1. The van der Waals surface area contributed by atoms with Crippen molar-refractivity contribution in [3.63, 3.8) is 0 Å². The number of carbonyl (C=O) groups excluding carboxylic acids is 1. The number of esters is 1. The molecule has 7 heteroatoms. The summed E-state index contributed by atoms with van der Waals surface area (Å²) in [6.45, 7) is 5.24. The Bertz CT molecular complexity index is 415. The van der Waals surface area contributed by atoms with Gasteiger partial charge in [-0.1, -0.05) is 12.7 Å². The van der Waals surface area contributed by atoms with Gasteiger partial charge in [-0.25, -0.2) is 13.6 Å². The van der Waals surface area contributed by atoms with Gasteiger partial charge < -0.3 is 15.2 Å². The molecule has 0 bridgehead atoms. The van der Waals surface area contributed by atoms with Crippen LogP contribution in [-0.2, 0) is 9.53 Å². The van der Waals surface area contributed by atoms with Gasteiger partial charge in [-0.2, -0.15) is 0 Å². The van der Waals surface area contributed by atoms with E-state index in [1.807, 2.05) is 0 Å². The Balaban J connectivity index is 1.90. The van der Waals surface area contributed by atoms with E-state index in [-0.39, 0.29) is 32.2 Å². The number of carbonyl (C=O) groups is 1. The summed E-state index contributed by atoms with van der Waals surface area (Å²) in [5, 5.41) is 12.9. The van der Waals surface area contributed by atoms with E-state index in [9.17, 15) is 18.7 Å². The van der Waals surface area contributed by atoms with Crippen molar-refractivity contribution in [1.29, 1.82) is 0 Å². The molecule has 0 saturated carbocycles. The number of hydrogen-bond donors (Lipinski definition) is 2. The molecule has 2 aliphatic rings. The zero-order valence-corrected chi connectivity index (χ0v) is 12.1. The van der Waals surface area contributed by atoms with Gasteiger partial charge in [-0.3, -0.25) is 4.90 Å². The van der Waals surface area contributed by atoms with Gasteiger partial charge in [-0.05, 0) is 19.8 Å². The molecule has 2 fully saturated rings. The van der Waals surface area contributed by atoms with Gasteiger partial charge in [0.1, 0.15) is 6.61 Å². The summed E-state index contributed by atoms with van der Waals surface area (Å²) in [6, 6.07) is -1.06. The van der Waals surface area contributed by atoms with Crippen LogP contribution in [0.3, 0.4) is 0 Å². The lowest BCUT2D eigenvalue weighted by molar-refractivity contribution is -0.163. The largest absolute Gasteiger partial charge is 0.459 e. The van der Waals surface area contributed by atoms with E-state index in [0.29, 0.717) is 13.0 Å². The first-order valence-corrected chi connectivity index (χ1v) is 7.14. The number of rotatable bonds is 6. The number of nitrogens with one attached hydrogen (secondary N) is 1. The highest BCUT2D eigenvalue weighted by atomic mass is 19.3. The highest BCUT2D eigenvalue weighted by molar-refractivity contribution is 5.78. The van der Waals surface area contributed by atoms with Crippen LogP contribution in [0.2, 0.25) is 0 Å². The van der Waals surface area contributed by atoms with Crippen molar-refractivity contribution in [3.05, 3.63) is 12.7 Å². The number of ether oxygens (including phenoxy) is 1. The Hall–Kier alpha value is -1.05. The molecule has 1 unspecified atom stereocenters. The molecular weight excluding hydrogens is 282 g/mol. The van der Waals surface area contributed by atoms with Crippen molar-refractivity contribution >= 4 is 5.97 Å². The van der Waals surface area contributed by atoms with E-state index < -0.39 is 23.5 Å². The maximum Gasteiger partial charge on any atom is 0.338 e. The molecule has 0 amide bonds. The van der Waals surface area contributed by atoms with Crippen LogP contribution < -0.4 is 5.32 Å². The lowest BCUT2D eigenvalue weighted by atomic mass is 10.0. The third-order valence-electron chi connectivity index (χ3n) is 4.19. The molecule has 0 aromatic heterocycles. The molecule has 120 valence electrons. The average Bonchev–Trinajstić information content (AvgIpc) is 2.96. The highest BCUT2D eigenvalue weighted by Gasteiger charge is 2.55. The first kappa shape index (κ1) is 16.3. The number of fused-ring (bicyclic) bond motifs is 1. The molecule has 5 nitrogen and oxygen atoms in total. The topological polar surface area (TPSA) is 61.8 Å². The molecule has 21 heavy (non-hydrogen) atoms. The molecule has 2 aliphatic heterocycles. The fraction of sp³-hybridized carbons (Fsp3) is 0.786. The van der Waals surface area contributed by atoms with Crippen LogP contribution in [-0.4, -0.2) is 65.8 Å². The van der Waals surface area contributed by atoms with E-state index >= 15 is 0 Å². The zero-order chi connectivity index (χ0) is 15.7. The van der Waals surface area contributed by atoms with Crippen LogP contribution in [0.4, 0.5) is 8.78 Å². The van der Waals surface area contributed by atoms with Gasteiger partial charge in [0.15, 0.2) is 5.60 Å². The van der Waals surface area contributed by atoms with Gasteiger partial charge in [0.05, 0.1) is 12.6 Å². The van der Waals surface area contributed by atoms with E-state index in [1.54, 1.807) is 4.90 Å². The maximum atomic E-state index is 13.8. The Labute approximate surface area is 122 Å². The molecule has 2 heterocycles. The SMILES string of the molecule is C=CCOC(=O)C(C)(O)CCN1CC[C@@H]2NCC(F)(F)[C@@H]21. The summed E-state index contributed by atoms with van der Waals surface area (Å²) in [6.07, 6.45) is 2.12. The molecule has 2 rings (SSSR count). The van der Waals surface area contributed by atoms with Crippen LogP contribution in [0.5, 0.6) is 0 Å². The second kappa shape index (κ2) is 5.98. The monoisotopic (exact) mass is 304 g/mol. The van der Waals surface area contributed by atoms with Gasteiger partial charge in [0.25, 0.3) is 5.92 Å². The van der Waals surface area contributed by atoms with Gasteiger partial charge >= 0.3 is 5.97 Å². The summed E-state index contributed by atoms with van der Waals surface area (Å²) in [5.41, 5.74) is -1.68. The maximum absolute atomic E-state index is 13.8. The number of nitrogens with zero attached hydrogens (tertiary/aromatic N) is 1. The van der Waals surface area contributed by atoms with E-state index in [0.717, 1.165) is 0 Å². The third kappa shape index (κ3) is 3.41. The second-order valence-corrected chi connectivity index (χ2v) is 5.93. The molecule has 0 aromatic carbocycles. The van der Waals surface area contributed by atoms with E-state index in [4.69, 9.17) is 4.74 Å². The predicted octanol–water partition coefficient (Wildman–Crippen LogP) is 0.538. The number of aliphatic hydroxyl groups is 1. The van der Waals surface area contributed by atoms with Crippen molar-refractivity contribution in [3.8, 4) is 0 Å². The van der Waals surface area contributed by atoms with E-state index in [2.05, 4.69) is 11.9 Å². The van der Waals surface area contributed by atoms with Crippen LogP contribution in [0.25, 0.3) is 0 Å². The normalized spacial score (nSPS) is 30.7. The van der Waals surface area contributed by atoms with Crippen molar-refractivity contribution < 1.29 is 23.4 Å². The van der Waals surface area contributed by atoms with Crippen LogP contribution in [0.15, 0.2) is 12.7 Å². The number of alkyl halides is 2. The highest BCUT2D eigenvalue weighted by Crippen LogP contribution is 2.36. The van der Waals surface area contributed by atoms with Crippen LogP contribution >= 0.6 is 0 Å². The van der Waals surface area contributed by atoms with Crippen molar-refractivity contribution in [2.24, 2.45) is 0 Å². The predicted molar refractivity (Wildman–Crippen MR) is 73.1 cm³/mol. The second-order valence-electron chi connectivity index (χ2n) is 5.93. The standard InChI is InChI=1S/C14H22F2N2O3/c1-3-8-21-12(19)13(2,20)5-7-18-6-4-10-11(18)14(15,16)9-17-10/h3,10-11,17,20H,1,4-9H2,2H3/t10-,11+,13?/m0/s1. The summed E-state index contributed by atoms with van der Waals surface area (Å²) in [5.74, 6) is -3.52. The Kier molecular flexibility index (Phi) is 4.65. The fourth-order valence-corrected chi connectivity index (χ4v) is 3.01. The smallest absolute Gasteiger partial charge is 0.338 e. The van der Waals surface area contributed by atoms with Crippen LogP contribution in [0, 0.1) is 0 Å². The Morgan fingerprint density at radius 1 is 1.67 bits per heavy atom.